The minimum atomic E-state index is -0.952. The molecule has 98 valence electrons. The molecule has 18 heavy (non-hydrogen) atoms. The number of thioether (sulfide) groups is 1. The van der Waals surface area contributed by atoms with E-state index in [9.17, 15) is 14.7 Å². The average Bonchev–Trinajstić information content (AvgIpc) is 2.97. The molecule has 2 unspecified atom stereocenters. The molecule has 1 N–H and O–H groups in total. The molecular weight excluding hydrogens is 274 g/mol. The van der Waals surface area contributed by atoms with Crippen molar-refractivity contribution in [3.05, 3.63) is 11.1 Å². The van der Waals surface area contributed by atoms with E-state index in [1.165, 1.54) is 22.9 Å². The fourth-order valence-corrected chi connectivity index (χ4v) is 3.86. The van der Waals surface area contributed by atoms with Crippen molar-refractivity contribution in [1.29, 1.82) is 0 Å². The highest BCUT2D eigenvalue weighted by atomic mass is 32.2. The second-order valence-corrected chi connectivity index (χ2v) is 5.92. The smallest absolute Gasteiger partial charge is 0.327 e. The van der Waals surface area contributed by atoms with Crippen LogP contribution in [0.15, 0.2) is 6.20 Å². The van der Waals surface area contributed by atoms with Crippen LogP contribution < -0.4 is 0 Å². The van der Waals surface area contributed by atoms with Crippen LogP contribution in [-0.2, 0) is 4.79 Å². The average molecular weight is 287 g/mol. The summed E-state index contributed by atoms with van der Waals surface area (Å²) in [6.45, 7) is 2.02. The van der Waals surface area contributed by atoms with Gasteiger partial charge in [0.15, 0.2) is 0 Å². The second kappa shape index (κ2) is 5.66. The van der Waals surface area contributed by atoms with E-state index in [1.807, 2.05) is 6.92 Å². The number of carboxylic acids is 1. The van der Waals surface area contributed by atoms with Crippen LogP contribution in [-0.4, -0.2) is 48.6 Å². The number of amides is 1. The van der Waals surface area contributed by atoms with Crippen LogP contribution in [0.5, 0.6) is 0 Å². The fourth-order valence-electron chi connectivity index (χ4n) is 1.88. The number of carboxylic acid groups (broad SMARTS) is 1. The zero-order chi connectivity index (χ0) is 13.1. The first-order chi connectivity index (χ1) is 8.65. The van der Waals surface area contributed by atoms with Gasteiger partial charge in [-0.15, -0.1) is 16.9 Å². The Kier molecular flexibility index (Phi) is 4.18. The van der Waals surface area contributed by atoms with Gasteiger partial charge in [-0.1, -0.05) is 17.8 Å². The molecule has 6 nitrogen and oxygen atoms in total. The van der Waals surface area contributed by atoms with Crippen LogP contribution in [0.1, 0.15) is 29.4 Å². The third-order valence-corrected chi connectivity index (χ3v) is 4.73. The summed E-state index contributed by atoms with van der Waals surface area (Å²) in [7, 11) is 0. The predicted molar refractivity (Wildman–Crippen MR) is 68.7 cm³/mol. The Balaban J connectivity index is 2.23. The van der Waals surface area contributed by atoms with E-state index in [1.54, 1.807) is 0 Å². The summed E-state index contributed by atoms with van der Waals surface area (Å²) in [6.07, 6.45) is 3.10. The van der Waals surface area contributed by atoms with Crippen molar-refractivity contribution in [2.45, 2.75) is 31.2 Å². The first-order valence-electron chi connectivity index (χ1n) is 5.59. The van der Waals surface area contributed by atoms with Gasteiger partial charge < -0.3 is 10.0 Å². The molecule has 0 spiro atoms. The maximum absolute atomic E-state index is 12.3. The fraction of sp³-hybridized carbons (Fsp3) is 0.600. The van der Waals surface area contributed by atoms with Gasteiger partial charge in [0.1, 0.15) is 10.9 Å². The van der Waals surface area contributed by atoms with E-state index in [0.717, 1.165) is 24.4 Å². The lowest BCUT2D eigenvalue weighted by molar-refractivity contribution is -0.141. The zero-order valence-electron chi connectivity index (χ0n) is 9.78. The molecule has 1 aliphatic heterocycles. The van der Waals surface area contributed by atoms with Gasteiger partial charge in [-0.3, -0.25) is 4.79 Å². The minimum absolute atomic E-state index is 0.0642. The lowest BCUT2D eigenvalue weighted by atomic mass is 10.2. The summed E-state index contributed by atoms with van der Waals surface area (Å²) in [5.41, 5.74) is 0. The molecular formula is C10H13N3O3S2. The van der Waals surface area contributed by atoms with Gasteiger partial charge in [-0.25, -0.2) is 4.79 Å². The van der Waals surface area contributed by atoms with Gasteiger partial charge in [0, 0.05) is 5.75 Å². The van der Waals surface area contributed by atoms with E-state index in [-0.39, 0.29) is 11.3 Å². The Bertz CT molecular complexity index is 438. The number of carbonyl (C=O) groups is 2. The third-order valence-electron chi connectivity index (χ3n) is 2.72. The highest BCUT2D eigenvalue weighted by molar-refractivity contribution is 8.00. The van der Waals surface area contributed by atoms with E-state index >= 15 is 0 Å². The number of aliphatic carboxylic acids is 1. The van der Waals surface area contributed by atoms with Crippen LogP contribution in [0.4, 0.5) is 0 Å². The molecule has 0 aromatic carbocycles. The molecule has 1 fully saturated rings. The van der Waals surface area contributed by atoms with Gasteiger partial charge in [0.05, 0.1) is 11.6 Å². The molecule has 1 saturated heterocycles. The van der Waals surface area contributed by atoms with Crippen LogP contribution in [0, 0.1) is 0 Å². The second-order valence-electron chi connectivity index (χ2n) is 3.92. The number of hydrogen-bond acceptors (Lipinski definition) is 6. The number of rotatable bonds is 4. The maximum atomic E-state index is 12.3. The Morgan fingerprint density at radius 3 is 2.94 bits per heavy atom. The van der Waals surface area contributed by atoms with E-state index in [0.29, 0.717) is 10.6 Å². The van der Waals surface area contributed by atoms with Crippen molar-refractivity contribution in [2.75, 3.05) is 5.75 Å². The summed E-state index contributed by atoms with van der Waals surface area (Å²) in [4.78, 5) is 25.3. The molecule has 0 saturated carbocycles. The van der Waals surface area contributed by atoms with Crippen molar-refractivity contribution >= 4 is 35.2 Å². The molecule has 2 heterocycles. The molecule has 2 atom stereocenters. The molecule has 0 bridgehead atoms. The SMILES string of the molecule is CCCC1SCC(C(=O)O)N1C(=O)c1cnns1. The van der Waals surface area contributed by atoms with E-state index in [4.69, 9.17) is 0 Å². The molecule has 1 aromatic heterocycles. The molecule has 8 heteroatoms. The first kappa shape index (κ1) is 13.3. The lowest BCUT2D eigenvalue weighted by Crippen LogP contribution is -2.45. The largest absolute Gasteiger partial charge is 0.480 e. The predicted octanol–water partition coefficient (Wildman–Crippen LogP) is 1.31. The Labute approximate surface area is 113 Å². The Morgan fingerprint density at radius 1 is 1.61 bits per heavy atom. The third kappa shape index (κ3) is 2.49. The zero-order valence-corrected chi connectivity index (χ0v) is 11.4. The number of carbonyl (C=O) groups excluding carboxylic acids is 1. The standard InChI is InChI=1S/C10H13N3O3S2/c1-2-3-8-13(6(5-17-8)10(15)16)9(14)7-4-11-12-18-7/h4,6,8H,2-3,5H2,1H3,(H,15,16). The van der Waals surface area contributed by atoms with E-state index in [2.05, 4.69) is 9.59 Å². The number of hydrogen-bond donors (Lipinski definition) is 1. The topological polar surface area (TPSA) is 83.4 Å². The summed E-state index contributed by atoms with van der Waals surface area (Å²) >= 11 is 2.52. The van der Waals surface area contributed by atoms with Gasteiger partial charge >= 0.3 is 5.97 Å². The van der Waals surface area contributed by atoms with Gasteiger partial charge in [-0.05, 0) is 18.0 Å². The lowest BCUT2D eigenvalue weighted by Gasteiger charge is -2.26. The monoisotopic (exact) mass is 287 g/mol. The summed E-state index contributed by atoms with van der Waals surface area (Å²) in [6, 6.07) is -0.749. The van der Waals surface area contributed by atoms with Gasteiger partial charge in [0.2, 0.25) is 0 Å². The van der Waals surface area contributed by atoms with Crippen molar-refractivity contribution < 1.29 is 14.7 Å². The minimum Gasteiger partial charge on any atom is -0.480 e. The van der Waals surface area contributed by atoms with Crippen molar-refractivity contribution in [2.24, 2.45) is 0 Å². The first-order valence-corrected chi connectivity index (χ1v) is 7.41. The highest BCUT2D eigenvalue weighted by Gasteiger charge is 2.41. The number of aromatic nitrogens is 2. The highest BCUT2D eigenvalue weighted by Crippen LogP contribution is 2.33. The Hall–Kier alpha value is -1.15. The Morgan fingerprint density at radius 2 is 2.39 bits per heavy atom. The molecule has 1 aliphatic rings. The molecule has 1 amide bonds. The normalized spacial score (nSPS) is 23.3. The molecule has 1 aromatic rings. The summed E-state index contributed by atoms with van der Waals surface area (Å²) in [5.74, 6) is -0.786. The van der Waals surface area contributed by atoms with E-state index < -0.39 is 12.0 Å². The molecule has 0 radical (unpaired) electrons. The van der Waals surface area contributed by atoms with Crippen LogP contribution >= 0.6 is 23.3 Å². The van der Waals surface area contributed by atoms with Crippen LogP contribution in [0.25, 0.3) is 0 Å². The molecule has 2 rings (SSSR count). The van der Waals surface area contributed by atoms with Crippen LogP contribution in [0.2, 0.25) is 0 Å². The summed E-state index contributed by atoms with van der Waals surface area (Å²) in [5, 5.41) is 12.7. The summed E-state index contributed by atoms with van der Waals surface area (Å²) < 4.78 is 3.65. The van der Waals surface area contributed by atoms with Crippen molar-refractivity contribution in [3.63, 3.8) is 0 Å². The van der Waals surface area contributed by atoms with Crippen LogP contribution in [0.3, 0.4) is 0 Å². The number of nitrogens with zero attached hydrogens (tertiary/aromatic N) is 3. The van der Waals surface area contributed by atoms with Gasteiger partial charge in [-0.2, -0.15) is 0 Å². The van der Waals surface area contributed by atoms with Gasteiger partial charge in [0.25, 0.3) is 5.91 Å². The van der Waals surface area contributed by atoms with Crippen molar-refractivity contribution in [3.8, 4) is 0 Å². The maximum Gasteiger partial charge on any atom is 0.327 e. The quantitative estimate of drug-likeness (QED) is 0.899. The molecule has 0 aliphatic carbocycles. The van der Waals surface area contributed by atoms with Crippen molar-refractivity contribution in [1.82, 2.24) is 14.5 Å².